The van der Waals surface area contributed by atoms with E-state index < -0.39 is 5.97 Å². The lowest BCUT2D eigenvalue weighted by molar-refractivity contribution is -0.137. The van der Waals surface area contributed by atoms with Crippen LogP contribution in [0.25, 0.3) is 0 Å². The van der Waals surface area contributed by atoms with Gasteiger partial charge in [-0.25, -0.2) is 0 Å². The number of amides is 1. The van der Waals surface area contributed by atoms with Crippen LogP contribution in [0.15, 0.2) is 0 Å². The maximum Gasteiger partial charge on any atom is 0.304 e. The van der Waals surface area contributed by atoms with Crippen LogP contribution in [0, 0.1) is 0 Å². The fraction of sp³-hybridized carbons (Fsp3) is 0.818. The van der Waals surface area contributed by atoms with Crippen molar-refractivity contribution in [2.75, 3.05) is 19.6 Å². The molecule has 1 amide bonds. The van der Waals surface area contributed by atoms with Crippen LogP contribution in [0.1, 0.15) is 33.6 Å². The maximum atomic E-state index is 11.3. The van der Waals surface area contributed by atoms with E-state index in [1.165, 1.54) is 0 Å². The molecule has 0 saturated heterocycles. The van der Waals surface area contributed by atoms with Gasteiger partial charge in [0, 0.05) is 32.1 Å². The van der Waals surface area contributed by atoms with Crippen LogP contribution in [0.4, 0.5) is 0 Å². The van der Waals surface area contributed by atoms with Crippen molar-refractivity contribution in [3.8, 4) is 0 Å². The molecule has 5 nitrogen and oxygen atoms in total. The summed E-state index contributed by atoms with van der Waals surface area (Å²) in [5, 5.41) is 11.3. The van der Waals surface area contributed by atoms with E-state index in [-0.39, 0.29) is 18.4 Å². The van der Waals surface area contributed by atoms with Gasteiger partial charge < -0.3 is 10.4 Å². The molecule has 0 aromatic heterocycles. The summed E-state index contributed by atoms with van der Waals surface area (Å²) in [6, 6.07) is 0.258. The van der Waals surface area contributed by atoms with Gasteiger partial charge in [0.1, 0.15) is 0 Å². The Bertz CT molecular complexity index is 229. The van der Waals surface area contributed by atoms with Gasteiger partial charge in [0.05, 0.1) is 6.42 Å². The standard InChI is InChI=1S/C11H22N2O3/c1-4-12-10(14)5-7-13(9(2)3)8-6-11(15)16/h9H,4-8H2,1-3H3,(H,12,14)(H,15,16). The van der Waals surface area contributed by atoms with E-state index in [4.69, 9.17) is 5.11 Å². The number of carbonyl (C=O) groups is 2. The van der Waals surface area contributed by atoms with Crippen LogP contribution in [-0.2, 0) is 9.59 Å². The molecular weight excluding hydrogens is 208 g/mol. The normalized spacial score (nSPS) is 10.8. The highest BCUT2D eigenvalue weighted by molar-refractivity contribution is 5.75. The highest BCUT2D eigenvalue weighted by Crippen LogP contribution is 2.01. The molecule has 0 aliphatic heterocycles. The second-order valence-electron chi connectivity index (χ2n) is 3.98. The molecule has 16 heavy (non-hydrogen) atoms. The van der Waals surface area contributed by atoms with Crippen molar-refractivity contribution in [1.82, 2.24) is 10.2 Å². The minimum Gasteiger partial charge on any atom is -0.481 e. The summed E-state index contributed by atoms with van der Waals surface area (Å²) in [6.45, 7) is 7.61. The number of rotatable bonds is 8. The molecule has 0 bridgehead atoms. The lowest BCUT2D eigenvalue weighted by Gasteiger charge is -2.25. The van der Waals surface area contributed by atoms with Crippen LogP contribution >= 0.6 is 0 Å². The Kier molecular flexibility index (Phi) is 7.54. The van der Waals surface area contributed by atoms with Crippen molar-refractivity contribution >= 4 is 11.9 Å². The molecule has 0 aliphatic rings. The predicted octanol–water partition coefficient (Wildman–Crippen LogP) is 0.698. The van der Waals surface area contributed by atoms with Crippen LogP contribution in [0.3, 0.4) is 0 Å². The van der Waals surface area contributed by atoms with Gasteiger partial charge in [-0.15, -0.1) is 0 Å². The lowest BCUT2D eigenvalue weighted by Crippen LogP contribution is -2.36. The van der Waals surface area contributed by atoms with Gasteiger partial charge in [-0.3, -0.25) is 14.5 Å². The Morgan fingerprint density at radius 3 is 2.25 bits per heavy atom. The van der Waals surface area contributed by atoms with Crippen molar-refractivity contribution < 1.29 is 14.7 Å². The summed E-state index contributed by atoms with van der Waals surface area (Å²) in [5.41, 5.74) is 0. The molecule has 0 unspecified atom stereocenters. The van der Waals surface area contributed by atoms with Crippen molar-refractivity contribution in [3.63, 3.8) is 0 Å². The molecular formula is C11H22N2O3. The molecule has 2 N–H and O–H groups in total. The number of carboxylic acid groups (broad SMARTS) is 1. The minimum absolute atomic E-state index is 0.0171. The monoisotopic (exact) mass is 230 g/mol. The van der Waals surface area contributed by atoms with Crippen molar-refractivity contribution in [3.05, 3.63) is 0 Å². The van der Waals surface area contributed by atoms with Crippen molar-refractivity contribution in [2.45, 2.75) is 39.7 Å². The molecule has 0 spiro atoms. The van der Waals surface area contributed by atoms with Gasteiger partial charge in [-0.2, -0.15) is 0 Å². The first-order chi connectivity index (χ1) is 7.47. The summed E-state index contributed by atoms with van der Waals surface area (Å²) < 4.78 is 0. The molecule has 0 aromatic carbocycles. The molecule has 0 aliphatic carbocycles. The van der Waals surface area contributed by atoms with Gasteiger partial charge in [-0.1, -0.05) is 0 Å². The number of carbonyl (C=O) groups excluding carboxylic acids is 1. The first-order valence-corrected chi connectivity index (χ1v) is 5.69. The number of hydrogen-bond acceptors (Lipinski definition) is 3. The molecule has 94 valence electrons. The average molecular weight is 230 g/mol. The third kappa shape index (κ3) is 7.23. The van der Waals surface area contributed by atoms with Gasteiger partial charge in [0.2, 0.25) is 5.91 Å². The zero-order valence-corrected chi connectivity index (χ0v) is 10.3. The molecule has 0 aromatic rings. The third-order valence-electron chi connectivity index (χ3n) is 2.34. The van der Waals surface area contributed by atoms with E-state index in [1.54, 1.807) is 0 Å². The molecule has 0 radical (unpaired) electrons. The van der Waals surface area contributed by atoms with E-state index in [0.717, 1.165) is 0 Å². The maximum absolute atomic E-state index is 11.3. The second kappa shape index (κ2) is 8.10. The van der Waals surface area contributed by atoms with Crippen LogP contribution in [0.2, 0.25) is 0 Å². The van der Waals surface area contributed by atoms with Crippen LogP contribution in [-0.4, -0.2) is 47.6 Å². The zero-order valence-electron chi connectivity index (χ0n) is 10.3. The fourth-order valence-corrected chi connectivity index (χ4v) is 1.40. The van der Waals surface area contributed by atoms with Gasteiger partial charge in [-0.05, 0) is 20.8 Å². The zero-order chi connectivity index (χ0) is 12.6. The Morgan fingerprint density at radius 1 is 1.25 bits per heavy atom. The van der Waals surface area contributed by atoms with Crippen molar-refractivity contribution in [1.29, 1.82) is 0 Å². The molecule has 0 heterocycles. The quantitative estimate of drug-likeness (QED) is 0.644. The summed E-state index contributed by atoms with van der Waals surface area (Å²) in [5.74, 6) is -0.785. The van der Waals surface area contributed by atoms with E-state index in [2.05, 4.69) is 5.32 Å². The highest BCUT2D eigenvalue weighted by atomic mass is 16.4. The Morgan fingerprint density at radius 2 is 1.81 bits per heavy atom. The van der Waals surface area contributed by atoms with Gasteiger partial charge in [0.15, 0.2) is 0 Å². The first-order valence-electron chi connectivity index (χ1n) is 5.69. The van der Waals surface area contributed by atoms with Crippen LogP contribution in [0.5, 0.6) is 0 Å². The second-order valence-corrected chi connectivity index (χ2v) is 3.98. The number of nitrogens with zero attached hydrogens (tertiary/aromatic N) is 1. The van der Waals surface area contributed by atoms with E-state index in [1.807, 2.05) is 25.7 Å². The van der Waals surface area contributed by atoms with Crippen molar-refractivity contribution in [2.24, 2.45) is 0 Å². The van der Waals surface area contributed by atoms with Crippen LogP contribution < -0.4 is 5.32 Å². The summed E-state index contributed by atoms with van der Waals surface area (Å²) in [4.78, 5) is 23.7. The number of nitrogens with one attached hydrogen (secondary N) is 1. The highest BCUT2D eigenvalue weighted by Gasteiger charge is 2.12. The minimum atomic E-state index is -0.802. The molecule has 0 saturated carbocycles. The summed E-state index contributed by atoms with van der Waals surface area (Å²) in [6.07, 6.45) is 0.541. The van der Waals surface area contributed by atoms with E-state index in [9.17, 15) is 9.59 Å². The predicted molar refractivity (Wildman–Crippen MR) is 62.3 cm³/mol. The fourth-order valence-electron chi connectivity index (χ4n) is 1.40. The van der Waals surface area contributed by atoms with E-state index >= 15 is 0 Å². The molecule has 0 rings (SSSR count). The lowest BCUT2D eigenvalue weighted by atomic mass is 10.2. The SMILES string of the molecule is CCNC(=O)CCN(CCC(=O)O)C(C)C. The summed E-state index contributed by atoms with van der Waals surface area (Å²) >= 11 is 0. The van der Waals surface area contributed by atoms with Gasteiger partial charge >= 0.3 is 5.97 Å². The van der Waals surface area contributed by atoms with E-state index in [0.29, 0.717) is 26.1 Å². The first kappa shape index (κ1) is 14.9. The molecule has 0 fully saturated rings. The Hall–Kier alpha value is -1.10. The number of carboxylic acids is 1. The molecule has 5 heteroatoms. The molecule has 0 atom stereocenters. The topological polar surface area (TPSA) is 69.6 Å². The third-order valence-corrected chi connectivity index (χ3v) is 2.34. The smallest absolute Gasteiger partial charge is 0.304 e. The van der Waals surface area contributed by atoms with Gasteiger partial charge in [0.25, 0.3) is 0 Å². The Labute approximate surface area is 96.8 Å². The largest absolute Gasteiger partial charge is 0.481 e. The summed E-state index contributed by atoms with van der Waals surface area (Å²) in [7, 11) is 0. The Balaban J connectivity index is 3.94. The average Bonchev–Trinajstić information content (AvgIpc) is 2.17. The number of hydrogen-bond donors (Lipinski definition) is 2. The number of aliphatic carboxylic acids is 1.